The van der Waals surface area contributed by atoms with Crippen molar-refractivity contribution >= 4 is 40.5 Å². The smallest absolute Gasteiger partial charge is 0.261 e. The number of hydrogen-bond donors (Lipinski definition) is 1. The largest absolute Gasteiger partial charge is 0.399 e. The van der Waals surface area contributed by atoms with E-state index < -0.39 is 0 Å². The van der Waals surface area contributed by atoms with Gasteiger partial charge in [0, 0.05) is 17.9 Å². The van der Waals surface area contributed by atoms with Crippen LogP contribution in [0.5, 0.6) is 0 Å². The molecule has 20 heavy (non-hydrogen) atoms. The Hall–Kier alpha value is -1.71. The van der Waals surface area contributed by atoms with E-state index in [2.05, 4.69) is 0 Å². The van der Waals surface area contributed by atoms with Crippen LogP contribution in [0, 0.1) is 0 Å². The van der Waals surface area contributed by atoms with Crippen molar-refractivity contribution in [2.75, 3.05) is 17.2 Å². The van der Waals surface area contributed by atoms with Gasteiger partial charge in [-0.25, -0.2) is 0 Å². The average Bonchev–Trinajstić information content (AvgIpc) is 2.81. The topological polar surface area (TPSA) is 46.3 Å². The van der Waals surface area contributed by atoms with E-state index in [1.807, 2.05) is 12.1 Å². The van der Waals surface area contributed by atoms with Gasteiger partial charge in [0.25, 0.3) is 5.91 Å². The number of hydrogen-bond acceptors (Lipinski definition) is 2. The third-order valence-corrected chi connectivity index (χ3v) is 4.05. The minimum absolute atomic E-state index is 0.177. The van der Waals surface area contributed by atoms with Crippen molar-refractivity contribution in [1.29, 1.82) is 0 Å². The highest BCUT2D eigenvalue weighted by Crippen LogP contribution is 2.33. The molecule has 1 heterocycles. The first-order chi connectivity index (χ1) is 9.58. The van der Waals surface area contributed by atoms with Crippen LogP contribution in [-0.2, 0) is 6.42 Å². The zero-order chi connectivity index (χ0) is 14.3. The predicted octanol–water partition coefficient (Wildman–Crippen LogP) is 3.78. The van der Waals surface area contributed by atoms with E-state index in [0.717, 1.165) is 17.7 Å². The van der Waals surface area contributed by atoms with Crippen molar-refractivity contribution < 1.29 is 4.79 Å². The van der Waals surface area contributed by atoms with Gasteiger partial charge in [0.15, 0.2) is 0 Å². The summed E-state index contributed by atoms with van der Waals surface area (Å²) in [6.45, 7) is 0.610. The first-order valence-corrected chi connectivity index (χ1v) is 6.98. The fraction of sp³-hybridized carbons (Fsp3) is 0.133. The highest BCUT2D eigenvalue weighted by atomic mass is 35.5. The molecule has 2 N–H and O–H groups in total. The second-order valence-electron chi connectivity index (χ2n) is 4.69. The number of nitrogen functional groups attached to an aromatic ring is 1. The first kappa shape index (κ1) is 13.3. The Bertz CT molecular complexity index is 680. The molecular formula is C15H12Cl2N2O. The minimum Gasteiger partial charge on any atom is -0.399 e. The molecule has 3 nitrogen and oxygen atoms in total. The van der Waals surface area contributed by atoms with Crippen LogP contribution in [0.1, 0.15) is 15.9 Å². The molecule has 0 unspecified atom stereocenters. The first-order valence-electron chi connectivity index (χ1n) is 6.22. The summed E-state index contributed by atoms with van der Waals surface area (Å²) in [5, 5.41) is 0.734. The standard InChI is InChI=1S/C15H12Cl2N2O/c16-11-2-1-3-12(17)14(11)15(20)19-7-6-9-8-10(18)4-5-13(9)19/h1-5,8H,6-7,18H2. The molecule has 1 amide bonds. The third-order valence-electron chi connectivity index (χ3n) is 3.42. The summed E-state index contributed by atoms with van der Waals surface area (Å²) >= 11 is 12.2. The number of benzene rings is 2. The number of amides is 1. The van der Waals surface area contributed by atoms with Crippen molar-refractivity contribution in [2.45, 2.75) is 6.42 Å². The van der Waals surface area contributed by atoms with E-state index in [-0.39, 0.29) is 5.91 Å². The van der Waals surface area contributed by atoms with Gasteiger partial charge >= 0.3 is 0 Å². The van der Waals surface area contributed by atoms with Gasteiger partial charge in [0.05, 0.1) is 15.6 Å². The lowest BCUT2D eigenvalue weighted by Crippen LogP contribution is -2.29. The number of nitrogens with zero attached hydrogens (tertiary/aromatic N) is 1. The Kier molecular flexibility index (Phi) is 3.32. The maximum absolute atomic E-state index is 12.7. The van der Waals surface area contributed by atoms with Crippen LogP contribution in [-0.4, -0.2) is 12.5 Å². The normalized spacial score (nSPS) is 13.4. The summed E-state index contributed by atoms with van der Waals surface area (Å²) in [6.07, 6.45) is 0.786. The van der Waals surface area contributed by atoms with Gasteiger partial charge in [-0.1, -0.05) is 29.3 Å². The minimum atomic E-state index is -0.177. The monoisotopic (exact) mass is 306 g/mol. The van der Waals surface area contributed by atoms with E-state index in [0.29, 0.717) is 27.8 Å². The summed E-state index contributed by atoms with van der Waals surface area (Å²) in [5.74, 6) is -0.177. The van der Waals surface area contributed by atoms with Gasteiger partial charge in [-0.3, -0.25) is 4.79 Å². The zero-order valence-electron chi connectivity index (χ0n) is 10.6. The highest BCUT2D eigenvalue weighted by Gasteiger charge is 2.28. The number of halogens is 2. The van der Waals surface area contributed by atoms with Crippen LogP contribution in [0.3, 0.4) is 0 Å². The molecule has 1 aliphatic heterocycles. The summed E-state index contributed by atoms with van der Waals surface area (Å²) in [6, 6.07) is 10.6. The van der Waals surface area contributed by atoms with Gasteiger partial charge in [-0.15, -0.1) is 0 Å². The van der Waals surface area contributed by atoms with Crippen LogP contribution in [0.2, 0.25) is 10.0 Å². The highest BCUT2D eigenvalue weighted by molar-refractivity contribution is 6.40. The van der Waals surface area contributed by atoms with E-state index >= 15 is 0 Å². The number of carbonyl (C=O) groups excluding carboxylic acids is 1. The number of rotatable bonds is 1. The molecule has 2 aromatic rings. The molecule has 0 radical (unpaired) electrons. The molecule has 3 rings (SSSR count). The summed E-state index contributed by atoms with van der Waals surface area (Å²) in [7, 11) is 0. The average molecular weight is 307 g/mol. The van der Waals surface area contributed by atoms with E-state index in [9.17, 15) is 4.79 Å². The molecule has 0 aliphatic carbocycles. The van der Waals surface area contributed by atoms with Crippen LogP contribution >= 0.6 is 23.2 Å². The van der Waals surface area contributed by atoms with Gasteiger partial charge in [0.1, 0.15) is 0 Å². The summed E-state index contributed by atoms with van der Waals surface area (Å²) in [4.78, 5) is 14.4. The Morgan fingerprint density at radius 1 is 1.15 bits per heavy atom. The molecule has 0 saturated heterocycles. The van der Waals surface area contributed by atoms with Crippen LogP contribution in [0.15, 0.2) is 36.4 Å². The van der Waals surface area contributed by atoms with Crippen molar-refractivity contribution in [3.8, 4) is 0 Å². The SMILES string of the molecule is Nc1ccc2c(c1)CCN2C(=O)c1c(Cl)cccc1Cl. The molecule has 102 valence electrons. The van der Waals surface area contributed by atoms with Gasteiger partial charge in [0.2, 0.25) is 0 Å². The second kappa shape index (κ2) is 5.00. The molecule has 0 saturated carbocycles. The van der Waals surface area contributed by atoms with Crippen LogP contribution < -0.4 is 10.6 Å². The van der Waals surface area contributed by atoms with Crippen molar-refractivity contribution in [3.63, 3.8) is 0 Å². The fourth-order valence-corrected chi connectivity index (χ4v) is 3.03. The van der Waals surface area contributed by atoms with Crippen molar-refractivity contribution in [3.05, 3.63) is 57.6 Å². The maximum Gasteiger partial charge on any atom is 0.261 e. The number of anilines is 2. The Labute approximate surface area is 126 Å². The van der Waals surface area contributed by atoms with Gasteiger partial charge in [-0.2, -0.15) is 0 Å². The zero-order valence-corrected chi connectivity index (χ0v) is 12.1. The lowest BCUT2D eigenvalue weighted by molar-refractivity contribution is 0.0989. The van der Waals surface area contributed by atoms with Crippen LogP contribution in [0.25, 0.3) is 0 Å². The van der Waals surface area contributed by atoms with Crippen molar-refractivity contribution in [1.82, 2.24) is 0 Å². The molecule has 2 aromatic carbocycles. The Morgan fingerprint density at radius 3 is 2.55 bits per heavy atom. The molecule has 0 spiro atoms. The van der Waals surface area contributed by atoms with E-state index in [4.69, 9.17) is 28.9 Å². The van der Waals surface area contributed by atoms with Crippen molar-refractivity contribution in [2.24, 2.45) is 0 Å². The molecule has 1 aliphatic rings. The molecule has 0 fully saturated rings. The third kappa shape index (κ3) is 2.13. The lowest BCUT2D eigenvalue weighted by Gasteiger charge is -2.19. The molecule has 0 bridgehead atoms. The quantitative estimate of drug-likeness (QED) is 0.815. The number of nitrogens with two attached hydrogens (primary N) is 1. The lowest BCUT2D eigenvalue weighted by atomic mass is 10.1. The maximum atomic E-state index is 12.7. The predicted molar refractivity (Wildman–Crippen MR) is 82.7 cm³/mol. The van der Waals surface area contributed by atoms with E-state index in [1.54, 1.807) is 29.2 Å². The summed E-state index contributed by atoms with van der Waals surface area (Å²) in [5.41, 5.74) is 8.76. The number of fused-ring (bicyclic) bond motifs is 1. The Morgan fingerprint density at radius 2 is 1.85 bits per heavy atom. The van der Waals surface area contributed by atoms with E-state index in [1.165, 1.54) is 0 Å². The molecule has 5 heteroatoms. The molecule has 0 atom stereocenters. The summed E-state index contributed by atoms with van der Waals surface area (Å²) < 4.78 is 0. The molecular weight excluding hydrogens is 295 g/mol. The molecule has 0 aromatic heterocycles. The second-order valence-corrected chi connectivity index (χ2v) is 5.51. The fourth-order valence-electron chi connectivity index (χ4n) is 2.47. The number of carbonyl (C=O) groups is 1. The van der Waals surface area contributed by atoms with Gasteiger partial charge < -0.3 is 10.6 Å². The van der Waals surface area contributed by atoms with Gasteiger partial charge in [-0.05, 0) is 42.3 Å². The van der Waals surface area contributed by atoms with Crippen LogP contribution in [0.4, 0.5) is 11.4 Å². The Balaban J connectivity index is 2.02.